The van der Waals surface area contributed by atoms with Gasteiger partial charge in [0.2, 0.25) is 0 Å². The molecular weight excluding hydrogens is 243 g/mol. The molecule has 1 atom stereocenters. The molecule has 0 aliphatic heterocycles. The van der Waals surface area contributed by atoms with Crippen LogP contribution in [0, 0.1) is 11.7 Å². The number of alkyl halides is 1. The first kappa shape index (κ1) is 13.9. The number of hydrogen-bond acceptors (Lipinski definition) is 2. The fourth-order valence-electron chi connectivity index (χ4n) is 1.48. The summed E-state index contributed by atoms with van der Waals surface area (Å²) in [4.78, 5) is 15.5. The summed E-state index contributed by atoms with van der Waals surface area (Å²) in [5, 5.41) is 2.83. The van der Waals surface area contributed by atoms with Crippen LogP contribution < -0.4 is 5.32 Å². The van der Waals surface area contributed by atoms with E-state index in [9.17, 15) is 9.18 Å². The maximum absolute atomic E-state index is 12.9. The Morgan fingerprint density at radius 2 is 2.24 bits per heavy atom. The molecule has 5 heteroatoms. The highest BCUT2D eigenvalue weighted by Crippen LogP contribution is 2.09. The van der Waals surface area contributed by atoms with Gasteiger partial charge in [-0.1, -0.05) is 13.8 Å². The van der Waals surface area contributed by atoms with Crippen LogP contribution in [0.4, 0.5) is 4.39 Å². The minimum absolute atomic E-state index is 0.0109. The molecule has 1 aromatic rings. The number of pyridine rings is 1. The fourth-order valence-corrected chi connectivity index (χ4v) is 1.71. The van der Waals surface area contributed by atoms with Gasteiger partial charge < -0.3 is 5.32 Å². The lowest BCUT2D eigenvalue weighted by Crippen LogP contribution is -2.38. The van der Waals surface area contributed by atoms with E-state index in [4.69, 9.17) is 11.6 Å². The SMILES string of the molecule is CC(C)C(CCCl)NC(=O)c1cncc(F)c1. The molecule has 1 heterocycles. The van der Waals surface area contributed by atoms with E-state index in [1.165, 1.54) is 12.3 Å². The van der Waals surface area contributed by atoms with Crippen molar-refractivity contribution in [2.75, 3.05) is 5.88 Å². The van der Waals surface area contributed by atoms with Gasteiger partial charge in [0.1, 0.15) is 5.82 Å². The normalized spacial score (nSPS) is 12.5. The van der Waals surface area contributed by atoms with Gasteiger partial charge in [0.25, 0.3) is 5.91 Å². The van der Waals surface area contributed by atoms with E-state index in [-0.39, 0.29) is 23.4 Å². The second kappa shape index (κ2) is 6.55. The molecule has 17 heavy (non-hydrogen) atoms. The molecule has 1 aromatic heterocycles. The summed E-state index contributed by atoms with van der Waals surface area (Å²) in [7, 11) is 0. The molecule has 0 aliphatic rings. The predicted molar refractivity (Wildman–Crippen MR) is 65.6 cm³/mol. The van der Waals surface area contributed by atoms with E-state index < -0.39 is 5.82 Å². The van der Waals surface area contributed by atoms with Gasteiger partial charge in [-0.3, -0.25) is 9.78 Å². The molecule has 0 bridgehead atoms. The van der Waals surface area contributed by atoms with Gasteiger partial charge in [-0.15, -0.1) is 11.6 Å². The van der Waals surface area contributed by atoms with Gasteiger partial charge in [-0.2, -0.15) is 0 Å². The van der Waals surface area contributed by atoms with Crippen LogP contribution in [0.3, 0.4) is 0 Å². The molecule has 94 valence electrons. The van der Waals surface area contributed by atoms with Crippen molar-refractivity contribution >= 4 is 17.5 Å². The quantitative estimate of drug-likeness (QED) is 0.825. The minimum atomic E-state index is -0.518. The number of aromatic nitrogens is 1. The minimum Gasteiger partial charge on any atom is -0.349 e. The first-order valence-electron chi connectivity index (χ1n) is 5.52. The van der Waals surface area contributed by atoms with E-state index in [0.29, 0.717) is 12.3 Å². The molecule has 0 saturated heterocycles. The first-order valence-corrected chi connectivity index (χ1v) is 6.05. The summed E-state index contributed by atoms with van der Waals surface area (Å²) < 4.78 is 12.9. The zero-order chi connectivity index (χ0) is 12.8. The zero-order valence-corrected chi connectivity index (χ0v) is 10.7. The molecule has 0 radical (unpaired) electrons. The van der Waals surface area contributed by atoms with Crippen molar-refractivity contribution in [3.63, 3.8) is 0 Å². The van der Waals surface area contributed by atoms with Gasteiger partial charge in [-0.25, -0.2) is 4.39 Å². The smallest absolute Gasteiger partial charge is 0.253 e. The molecule has 1 unspecified atom stereocenters. The summed E-state index contributed by atoms with van der Waals surface area (Å²) >= 11 is 5.67. The van der Waals surface area contributed by atoms with E-state index in [1.54, 1.807) is 0 Å². The molecule has 0 spiro atoms. The number of carbonyl (C=O) groups is 1. The number of amides is 1. The van der Waals surface area contributed by atoms with Crippen LogP contribution in [0.25, 0.3) is 0 Å². The van der Waals surface area contributed by atoms with Crippen LogP contribution in [-0.2, 0) is 0 Å². The standard InChI is InChI=1S/C12H16ClFN2O/c1-8(2)11(3-4-13)16-12(17)9-5-10(14)7-15-6-9/h5-8,11H,3-4H2,1-2H3,(H,16,17). The molecule has 1 rings (SSSR count). The number of halogens is 2. The van der Waals surface area contributed by atoms with Crippen molar-refractivity contribution in [2.45, 2.75) is 26.3 Å². The van der Waals surface area contributed by atoms with Crippen LogP contribution in [0.1, 0.15) is 30.6 Å². The Balaban J connectivity index is 2.70. The monoisotopic (exact) mass is 258 g/mol. The van der Waals surface area contributed by atoms with Crippen LogP contribution in [0.15, 0.2) is 18.5 Å². The first-order chi connectivity index (χ1) is 8.04. The third-order valence-electron chi connectivity index (χ3n) is 2.51. The number of nitrogens with zero attached hydrogens (tertiary/aromatic N) is 1. The Labute approximate surface area is 105 Å². The van der Waals surface area contributed by atoms with Gasteiger partial charge in [0, 0.05) is 18.1 Å². The molecule has 0 fully saturated rings. The Kier molecular flexibility index (Phi) is 5.35. The molecule has 0 aliphatic carbocycles. The molecule has 1 amide bonds. The summed E-state index contributed by atoms with van der Waals surface area (Å²) in [6, 6.07) is 1.16. The maximum Gasteiger partial charge on any atom is 0.253 e. The highest BCUT2D eigenvalue weighted by molar-refractivity contribution is 6.17. The number of hydrogen-bond donors (Lipinski definition) is 1. The van der Waals surface area contributed by atoms with E-state index in [0.717, 1.165) is 6.20 Å². The van der Waals surface area contributed by atoms with Crippen LogP contribution in [0.2, 0.25) is 0 Å². The lowest BCUT2D eigenvalue weighted by molar-refractivity contribution is 0.0924. The average Bonchev–Trinajstić information content (AvgIpc) is 2.28. The molecule has 0 saturated carbocycles. The van der Waals surface area contributed by atoms with Crippen LogP contribution in [-0.4, -0.2) is 22.8 Å². The lowest BCUT2D eigenvalue weighted by atomic mass is 10.0. The van der Waals surface area contributed by atoms with Crippen molar-refractivity contribution in [2.24, 2.45) is 5.92 Å². The number of nitrogens with one attached hydrogen (secondary N) is 1. The Hall–Kier alpha value is -1.16. The third kappa shape index (κ3) is 4.30. The van der Waals surface area contributed by atoms with Gasteiger partial charge in [0.15, 0.2) is 0 Å². The van der Waals surface area contributed by atoms with Gasteiger partial charge in [-0.05, 0) is 18.4 Å². The lowest BCUT2D eigenvalue weighted by Gasteiger charge is -2.21. The summed E-state index contributed by atoms with van der Waals surface area (Å²) in [5.74, 6) is -0.0824. The molecular formula is C12H16ClFN2O. The number of carbonyl (C=O) groups excluding carboxylic acids is 1. The molecule has 3 nitrogen and oxygen atoms in total. The Morgan fingerprint density at radius 3 is 2.76 bits per heavy atom. The largest absolute Gasteiger partial charge is 0.349 e. The highest BCUT2D eigenvalue weighted by atomic mass is 35.5. The van der Waals surface area contributed by atoms with Crippen LogP contribution >= 0.6 is 11.6 Å². The second-order valence-corrected chi connectivity index (χ2v) is 4.57. The summed E-state index contributed by atoms with van der Waals surface area (Å²) in [6.45, 7) is 4.00. The molecule has 0 aromatic carbocycles. The summed E-state index contributed by atoms with van der Waals surface area (Å²) in [5.41, 5.74) is 0.227. The number of rotatable bonds is 5. The fraction of sp³-hybridized carbons (Fsp3) is 0.500. The van der Waals surface area contributed by atoms with Crippen molar-refractivity contribution in [3.05, 3.63) is 29.8 Å². The highest BCUT2D eigenvalue weighted by Gasteiger charge is 2.17. The Morgan fingerprint density at radius 1 is 1.53 bits per heavy atom. The van der Waals surface area contributed by atoms with Crippen molar-refractivity contribution in [1.82, 2.24) is 10.3 Å². The average molecular weight is 259 g/mol. The van der Waals surface area contributed by atoms with E-state index in [2.05, 4.69) is 10.3 Å². The Bertz CT molecular complexity index is 385. The zero-order valence-electron chi connectivity index (χ0n) is 9.91. The van der Waals surface area contributed by atoms with Gasteiger partial charge >= 0.3 is 0 Å². The van der Waals surface area contributed by atoms with Gasteiger partial charge in [0.05, 0.1) is 11.8 Å². The van der Waals surface area contributed by atoms with Crippen LogP contribution in [0.5, 0.6) is 0 Å². The second-order valence-electron chi connectivity index (χ2n) is 4.19. The van der Waals surface area contributed by atoms with E-state index in [1.807, 2.05) is 13.8 Å². The van der Waals surface area contributed by atoms with Crippen molar-refractivity contribution in [1.29, 1.82) is 0 Å². The summed E-state index contributed by atoms with van der Waals surface area (Å²) in [6.07, 6.45) is 3.10. The van der Waals surface area contributed by atoms with Crippen molar-refractivity contribution < 1.29 is 9.18 Å². The molecule has 1 N–H and O–H groups in total. The predicted octanol–water partition coefficient (Wildman–Crippen LogP) is 2.60. The third-order valence-corrected chi connectivity index (χ3v) is 2.73. The maximum atomic E-state index is 12.9. The van der Waals surface area contributed by atoms with Crippen molar-refractivity contribution in [3.8, 4) is 0 Å². The van der Waals surface area contributed by atoms with E-state index >= 15 is 0 Å². The topological polar surface area (TPSA) is 42.0 Å².